The van der Waals surface area contributed by atoms with Crippen molar-refractivity contribution >= 4 is 5.91 Å². The number of carbonyl (C=O) groups is 1. The number of rotatable bonds is 5. The van der Waals surface area contributed by atoms with Gasteiger partial charge in [0.05, 0.1) is 6.61 Å². The van der Waals surface area contributed by atoms with Crippen molar-refractivity contribution in [3.8, 4) is 0 Å². The lowest BCUT2D eigenvalue weighted by atomic mass is 9.87. The summed E-state index contributed by atoms with van der Waals surface area (Å²) >= 11 is 0. The summed E-state index contributed by atoms with van der Waals surface area (Å²) in [6, 6.07) is 9.63. The lowest BCUT2D eigenvalue weighted by Gasteiger charge is -2.49. The van der Waals surface area contributed by atoms with Crippen LogP contribution in [0, 0.1) is 0 Å². The highest BCUT2D eigenvalue weighted by molar-refractivity contribution is 5.82. The Morgan fingerprint density at radius 3 is 2.55 bits per heavy atom. The number of likely N-dealkylation sites (tertiary alicyclic amines) is 1. The van der Waals surface area contributed by atoms with Crippen molar-refractivity contribution in [1.82, 2.24) is 10.2 Å². The van der Waals surface area contributed by atoms with Gasteiger partial charge in [0.15, 0.2) is 0 Å². The number of nitrogens with zero attached hydrogens (tertiary/aromatic N) is 1. The molecular weight excluding hydrogens is 280 g/mol. The fraction of sp³-hybridized carbons (Fsp3) is 0.588. The lowest BCUT2D eigenvalue weighted by Crippen LogP contribution is -2.65. The van der Waals surface area contributed by atoms with Gasteiger partial charge in [0.2, 0.25) is 0 Å². The minimum Gasteiger partial charge on any atom is -0.395 e. The normalized spacial score (nSPS) is 23.7. The quantitative estimate of drug-likeness (QED) is 0.756. The number of aliphatic hydroxyl groups is 2. The molecule has 1 heterocycles. The number of nitrogens with one attached hydrogen (secondary N) is 1. The first-order chi connectivity index (χ1) is 10.3. The van der Waals surface area contributed by atoms with Crippen molar-refractivity contribution in [3.05, 3.63) is 35.9 Å². The molecule has 3 atom stereocenters. The van der Waals surface area contributed by atoms with Crippen LogP contribution in [-0.4, -0.2) is 51.4 Å². The first-order valence-corrected chi connectivity index (χ1v) is 7.72. The van der Waals surface area contributed by atoms with Gasteiger partial charge in [-0.2, -0.15) is 0 Å². The molecule has 1 fully saturated rings. The largest absolute Gasteiger partial charge is 0.395 e. The van der Waals surface area contributed by atoms with Crippen molar-refractivity contribution < 1.29 is 15.0 Å². The van der Waals surface area contributed by atoms with E-state index in [2.05, 4.69) is 5.32 Å². The second kappa shape index (κ2) is 6.77. The average Bonchev–Trinajstić information content (AvgIpc) is 2.43. The summed E-state index contributed by atoms with van der Waals surface area (Å²) in [6.07, 6.45) is -0.451. The Morgan fingerprint density at radius 2 is 2.00 bits per heavy atom. The van der Waals surface area contributed by atoms with Crippen LogP contribution in [0.1, 0.15) is 32.8 Å². The predicted molar refractivity (Wildman–Crippen MR) is 85.2 cm³/mol. The summed E-state index contributed by atoms with van der Waals surface area (Å²) in [5, 5.41) is 22.6. The number of benzene rings is 1. The number of aliphatic hydroxyl groups excluding tert-OH is 2. The van der Waals surface area contributed by atoms with Crippen LogP contribution in [-0.2, 0) is 11.3 Å². The van der Waals surface area contributed by atoms with E-state index in [1.807, 2.05) is 56.0 Å². The maximum absolute atomic E-state index is 12.1. The molecule has 2 rings (SSSR count). The molecule has 1 amide bonds. The third-order valence-electron chi connectivity index (χ3n) is 3.96. The molecule has 5 heteroatoms. The summed E-state index contributed by atoms with van der Waals surface area (Å²) in [5.74, 6) is -0.355. The molecule has 1 unspecified atom stereocenters. The molecule has 1 aromatic rings. The third-order valence-corrected chi connectivity index (χ3v) is 3.96. The summed E-state index contributed by atoms with van der Waals surface area (Å²) in [5.41, 5.74) is 0.733. The van der Waals surface area contributed by atoms with Gasteiger partial charge in [-0.05, 0) is 32.8 Å². The number of amides is 1. The van der Waals surface area contributed by atoms with Crippen molar-refractivity contribution in [2.45, 2.75) is 57.5 Å². The molecule has 1 aromatic carbocycles. The Bertz CT molecular complexity index is 498. The molecule has 1 saturated heterocycles. The standard InChI is InChI=1S/C17H26N2O3/c1-17(2,3)18-16(22)15(21)14-9-13(11-20)19(14)10-12-7-5-4-6-8-12/h4-8,13-15,20-21H,9-11H2,1-3H3,(H,18,22)/t13-,14+,15?/m1/s1. The highest BCUT2D eigenvalue weighted by Gasteiger charge is 2.44. The summed E-state index contributed by atoms with van der Waals surface area (Å²) in [6.45, 7) is 6.32. The van der Waals surface area contributed by atoms with E-state index in [1.165, 1.54) is 0 Å². The van der Waals surface area contributed by atoms with Gasteiger partial charge in [0.25, 0.3) is 5.91 Å². The van der Waals surface area contributed by atoms with Crippen LogP contribution in [0.4, 0.5) is 0 Å². The van der Waals surface area contributed by atoms with Gasteiger partial charge < -0.3 is 15.5 Å². The molecule has 3 N–H and O–H groups in total. The zero-order valence-electron chi connectivity index (χ0n) is 13.5. The van der Waals surface area contributed by atoms with Crippen molar-refractivity contribution in [2.75, 3.05) is 6.61 Å². The summed E-state index contributed by atoms with van der Waals surface area (Å²) in [7, 11) is 0. The summed E-state index contributed by atoms with van der Waals surface area (Å²) in [4.78, 5) is 14.1. The minimum absolute atomic E-state index is 0.00212. The van der Waals surface area contributed by atoms with Gasteiger partial charge >= 0.3 is 0 Å². The van der Waals surface area contributed by atoms with Crippen molar-refractivity contribution in [1.29, 1.82) is 0 Å². The van der Waals surface area contributed by atoms with E-state index in [4.69, 9.17) is 0 Å². The molecule has 0 aliphatic carbocycles. The van der Waals surface area contributed by atoms with E-state index in [0.29, 0.717) is 13.0 Å². The monoisotopic (exact) mass is 306 g/mol. The van der Waals surface area contributed by atoms with Crippen LogP contribution in [0.15, 0.2) is 30.3 Å². The topological polar surface area (TPSA) is 72.8 Å². The van der Waals surface area contributed by atoms with E-state index in [1.54, 1.807) is 0 Å². The number of carbonyl (C=O) groups excluding carboxylic acids is 1. The first kappa shape index (κ1) is 16.9. The smallest absolute Gasteiger partial charge is 0.250 e. The fourth-order valence-electron chi connectivity index (χ4n) is 2.83. The van der Waals surface area contributed by atoms with Gasteiger partial charge in [-0.1, -0.05) is 30.3 Å². The molecular formula is C17H26N2O3. The van der Waals surface area contributed by atoms with Crippen molar-refractivity contribution in [2.24, 2.45) is 0 Å². The fourth-order valence-corrected chi connectivity index (χ4v) is 2.83. The van der Waals surface area contributed by atoms with Gasteiger partial charge in [-0.15, -0.1) is 0 Å². The van der Waals surface area contributed by atoms with Crippen LogP contribution < -0.4 is 5.32 Å². The van der Waals surface area contributed by atoms with E-state index < -0.39 is 6.10 Å². The molecule has 0 saturated carbocycles. The zero-order chi connectivity index (χ0) is 16.3. The SMILES string of the molecule is CC(C)(C)NC(=O)C(O)[C@@H]1C[C@H](CO)N1Cc1ccccc1. The molecule has 5 nitrogen and oxygen atoms in total. The maximum atomic E-state index is 12.1. The Morgan fingerprint density at radius 1 is 1.36 bits per heavy atom. The predicted octanol–water partition coefficient (Wildman–Crippen LogP) is 0.897. The highest BCUT2D eigenvalue weighted by Crippen LogP contribution is 2.30. The lowest BCUT2D eigenvalue weighted by molar-refractivity contribution is -0.144. The van der Waals surface area contributed by atoms with Crippen LogP contribution in [0.25, 0.3) is 0 Å². The Kier molecular flexibility index (Phi) is 5.21. The second-order valence-electron chi connectivity index (χ2n) is 6.98. The molecule has 1 aliphatic heterocycles. The molecule has 122 valence electrons. The van der Waals surface area contributed by atoms with Crippen LogP contribution in [0.2, 0.25) is 0 Å². The van der Waals surface area contributed by atoms with Crippen LogP contribution in [0.3, 0.4) is 0 Å². The van der Waals surface area contributed by atoms with E-state index >= 15 is 0 Å². The van der Waals surface area contributed by atoms with E-state index in [0.717, 1.165) is 5.56 Å². The number of hydrogen-bond acceptors (Lipinski definition) is 4. The highest BCUT2D eigenvalue weighted by atomic mass is 16.3. The second-order valence-corrected chi connectivity index (χ2v) is 6.98. The third kappa shape index (κ3) is 4.06. The van der Waals surface area contributed by atoms with Gasteiger partial charge in [0, 0.05) is 24.2 Å². The Balaban J connectivity index is 2.02. The molecule has 0 spiro atoms. The Labute approximate surface area is 131 Å². The molecule has 1 aliphatic rings. The van der Waals surface area contributed by atoms with Gasteiger partial charge in [0.1, 0.15) is 6.10 Å². The Hall–Kier alpha value is -1.43. The van der Waals surface area contributed by atoms with Crippen LogP contribution >= 0.6 is 0 Å². The average molecular weight is 306 g/mol. The summed E-state index contributed by atoms with van der Waals surface area (Å²) < 4.78 is 0. The van der Waals surface area contributed by atoms with Crippen molar-refractivity contribution in [3.63, 3.8) is 0 Å². The molecule has 0 aromatic heterocycles. The minimum atomic E-state index is -1.08. The van der Waals surface area contributed by atoms with Crippen LogP contribution in [0.5, 0.6) is 0 Å². The number of hydrogen-bond donors (Lipinski definition) is 3. The molecule has 0 bridgehead atoms. The van der Waals surface area contributed by atoms with E-state index in [9.17, 15) is 15.0 Å². The molecule has 0 radical (unpaired) electrons. The molecule has 22 heavy (non-hydrogen) atoms. The van der Waals surface area contributed by atoms with Gasteiger partial charge in [-0.3, -0.25) is 9.69 Å². The maximum Gasteiger partial charge on any atom is 0.250 e. The van der Waals surface area contributed by atoms with E-state index in [-0.39, 0.29) is 30.1 Å². The van der Waals surface area contributed by atoms with Gasteiger partial charge in [-0.25, -0.2) is 0 Å². The first-order valence-electron chi connectivity index (χ1n) is 7.72. The zero-order valence-corrected chi connectivity index (χ0v) is 13.5.